The number of nitrogens with zero attached hydrogens (tertiary/aromatic N) is 3. The highest BCUT2D eigenvalue weighted by Gasteiger charge is 2.35. The molecule has 3 rings (SSSR count). The van der Waals surface area contributed by atoms with Crippen molar-refractivity contribution in [2.45, 2.75) is 6.18 Å². The van der Waals surface area contributed by atoms with Crippen LogP contribution in [-0.4, -0.2) is 26.8 Å². The molecule has 0 saturated carbocycles. The summed E-state index contributed by atoms with van der Waals surface area (Å²) < 4.78 is 46.1. The van der Waals surface area contributed by atoms with E-state index in [0.717, 1.165) is 24.3 Å². The van der Waals surface area contributed by atoms with Crippen molar-refractivity contribution in [2.75, 3.05) is 5.32 Å². The van der Waals surface area contributed by atoms with Gasteiger partial charge in [0.05, 0.1) is 9.40 Å². The summed E-state index contributed by atoms with van der Waals surface area (Å²) >= 11 is 3.09. The third-order valence-electron chi connectivity index (χ3n) is 3.91. The maximum Gasteiger partial charge on any atom is 0.420 e. The molecule has 0 radical (unpaired) electrons. The third kappa shape index (κ3) is 6.00. The van der Waals surface area contributed by atoms with E-state index in [1.54, 1.807) is 0 Å². The lowest BCUT2D eigenvalue weighted by Crippen LogP contribution is -2.34. The molecule has 10 nitrogen and oxygen atoms in total. The molecular formula is C19H11BrF3N5O5. The Balaban J connectivity index is 1.78. The molecule has 0 atom stereocenters. The second-order valence-electron chi connectivity index (χ2n) is 6.18. The van der Waals surface area contributed by atoms with Gasteiger partial charge in [0.25, 0.3) is 11.6 Å². The first-order valence-corrected chi connectivity index (χ1v) is 9.56. The van der Waals surface area contributed by atoms with Crippen LogP contribution in [0.5, 0.6) is 11.8 Å². The summed E-state index contributed by atoms with van der Waals surface area (Å²) in [4.78, 5) is 42.0. The van der Waals surface area contributed by atoms with E-state index < -0.39 is 45.6 Å². The smallest absolute Gasteiger partial charge is 0.420 e. The number of ether oxygens (including phenoxy) is 1. The van der Waals surface area contributed by atoms with E-state index in [9.17, 15) is 32.9 Å². The van der Waals surface area contributed by atoms with Crippen molar-refractivity contribution in [1.29, 1.82) is 0 Å². The molecule has 0 aliphatic carbocycles. The first kappa shape index (κ1) is 23.6. The summed E-state index contributed by atoms with van der Waals surface area (Å²) in [7, 11) is 0. The molecule has 0 bridgehead atoms. The zero-order valence-corrected chi connectivity index (χ0v) is 17.7. The lowest BCUT2D eigenvalue weighted by atomic mass is 10.1. The quantitative estimate of drug-likeness (QED) is 0.356. The fourth-order valence-electron chi connectivity index (χ4n) is 2.53. The van der Waals surface area contributed by atoms with Crippen LogP contribution in [-0.2, 0) is 6.18 Å². The Morgan fingerprint density at radius 3 is 2.39 bits per heavy atom. The minimum atomic E-state index is -4.86. The molecule has 170 valence electrons. The lowest BCUT2D eigenvalue weighted by Gasteiger charge is -2.15. The number of anilines is 1. The van der Waals surface area contributed by atoms with Gasteiger partial charge < -0.3 is 10.1 Å². The second-order valence-corrected chi connectivity index (χ2v) is 7.09. The van der Waals surface area contributed by atoms with Crippen LogP contribution in [0.25, 0.3) is 0 Å². The summed E-state index contributed by atoms with van der Waals surface area (Å²) in [5, 5.41) is 14.9. The first-order chi connectivity index (χ1) is 15.5. The van der Waals surface area contributed by atoms with Crippen LogP contribution in [0.3, 0.4) is 0 Å². The Hall–Kier alpha value is -4.07. The average Bonchev–Trinajstić information content (AvgIpc) is 2.75. The van der Waals surface area contributed by atoms with E-state index >= 15 is 0 Å². The molecule has 2 aromatic carbocycles. The topological polar surface area (TPSA) is 136 Å². The number of rotatable bonds is 5. The van der Waals surface area contributed by atoms with Gasteiger partial charge in [-0.25, -0.2) is 14.8 Å². The summed E-state index contributed by atoms with van der Waals surface area (Å²) in [6.07, 6.45) is -2.30. The van der Waals surface area contributed by atoms with E-state index in [1.807, 2.05) is 5.32 Å². The summed E-state index contributed by atoms with van der Waals surface area (Å²) in [6, 6.07) is 5.96. The van der Waals surface area contributed by atoms with Gasteiger partial charge in [-0.2, -0.15) is 13.2 Å². The predicted molar refractivity (Wildman–Crippen MR) is 111 cm³/mol. The third-order valence-corrected chi connectivity index (χ3v) is 4.32. The van der Waals surface area contributed by atoms with Crippen LogP contribution in [0.2, 0.25) is 0 Å². The number of nitro benzene ring substituents is 1. The standard InChI is InChI=1S/C19H11BrF3N5O5/c20-10-8-24-18(25-9-10)33-15-6-5-11(7-13(15)19(21,22)23)26-17(30)27-16(29)12-3-1-2-4-14(12)28(31)32/h1-9H,(H2,26,27,29,30). The number of alkyl halides is 3. The fourth-order valence-corrected chi connectivity index (χ4v) is 2.73. The van der Waals surface area contributed by atoms with E-state index in [-0.39, 0.29) is 11.7 Å². The lowest BCUT2D eigenvalue weighted by molar-refractivity contribution is -0.385. The van der Waals surface area contributed by atoms with Gasteiger partial charge in [-0.1, -0.05) is 12.1 Å². The molecule has 0 fully saturated rings. The molecule has 0 spiro atoms. The van der Waals surface area contributed by atoms with Gasteiger partial charge in [0, 0.05) is 24.1 Å². The minimum Gasteiger partial charge on any atom is -0.424 e. The minimum absolute atomic E-state index is 0.320. The van der Waals surface area contributed by atoms with Gasteiger partial charge >= 0.3 is 18.2 Å². The van der Waals surface area contributed by atoms with Crippen molar-refractivity contribution in [1.82, 2.24) is 15.3 Å². The van der Waals surface area contributed by atoms with E-state index in [4.69, 9.17) is 4.74 Å². The van der Waals surface area contributed by atoms with Crippen molar-refractivity contribution in [3.05, 3.63) is 80.6 Å². The number of para-hydroxylation sites is 1. The average molecular weight is 526 g/mol. The molecule has 14 heteroatoms. The van der Waals surface area contributed by atoms with E-state index in [1.165, 1.54) is 24.5 Å². The molecule has 33 heavy (non-hydrogen) atoms. The van der Waals surface area contributed by atoms with Crippen LogP contribution >= 0.6 is 15.9 Å². The number of halogens is 4. The van der Waals surface area contributed by atoms with Gasteiger partial charge in [-0.05, 0) is 40.2 Å². The van der Waals surface area contributed by atoms with E-state index in [0.29, 0.717) is 10.5 Å². The van der Waals surface area contributed by atoms with Gasteiger partial charge in [-0.15, -0.1) is 0 Å². The molecule has 0 unspecified atom stereocenters. The molecule has 2 N–H and O–H groups in total. The van der Waals surface area contributed by atoms with Gasteiger partial charge in [0.15, 0.2) is 0 Å². The normalized spacial score (nSPS) is 10.9. The van der Waals surface area contributed by atoms with E-state index in [2.05, 4.69) is 31.2 Å². The highest BCUT2D eigenvalue weighted by Crippen LogP contribution is 2.39. The van der Waals surface area contributed by atoms with Crippen molar-refractivity contribution in [3.8, 4) is 11.8 Å². The monoisotopic (exact) mass is 525 g/mol. The van der Waals surface area contributed by atoms with Crippen LogP contribution in [0.1, 0.15) is 15.9 Å². The first-order valence-electron chi connectivity index (χ1n) is 8.77. The molecule has 0 aliphatic rings. The molecule has 0 aliphatic heterocycles. The number of aromatic nitrogens is 2. The summed E-state index contributed by atoms with van der Waals surface area (Å²) in [6.45, 7) is 0. The predicted octanol–water partition coefficient (Wildman–Crippen LogP) is 4.92. The Bertz CT molecular complexity index is 1220. The van der Waals surface area contributed by atoms with Crippen molar-refractivity contribution in [2.24, 2.45) is 0 Å². The number of nitro groups is 1. The largest absolute Gasteiger partial charge is 0.424 e. The van der Waals surface area contributed by atoms with Crippen LogP contribution in [0.15, 0.2) is 59.3 Å². The number of hydrogen-bond acceptors (Lipinski definition) is 7. The number of amides is 3. The molecule has 3 amide bonds. The zero-order chi connectivity index (χ0) is 24.2. The van der Waals surface area contributed by atoms with Crippen molar-refractivity contribution >= 4 is 39.2 Å². The fraction of sp³-hybridized carbons (Fsp3) is 0.0526. The zero-order valence-electron chi connectivity index (χ0n) is 16.1. The van der Waals surface area contributed by atoms with Crippen LogP contribution < -0.4 is 15.4 Å². The number of benzene rings is 2. The highest BCUT2D eigenvalue weighted by atomic mass is 79.9. The molecule has 0 saturated heterocycles. The number of hydrogen-bond donors (Lipinski definition) is 2. The number of imide groups is 1. The second kappa shape index (κ2) is 9.60. The number of urea groups is 1. The number of carbonyl (C=O) groups excluding carboxylic acids is 2. The van der Waals surface area contributed by atoms with Gasteiger partial charge in [0.1, 0.15) is 16.9 Å². The van der Waals surface area contributed by atoms with Crippen LogP contribution in [0.4, 0.5) is 29.3 Å². The maximum atomic E-state index is 13.5. The Kier molecular flexibility index (Phi) is 6.86. The molecular weight excluding hydrogens is 515 g/mol. The molecule has 1 heterocycles. The summed E-state index contributed by atoms with van der Waals surface area (Å²) in [5.41, 5.74) is -2.50. The maximum absolute atomic E-state index is 13.5. The molecule has 3 aromatic rings. The molecule has 1 aromatic heterocycles. The highest BCUT2D eigenvalue weighted by molar-refractivity contribution is 9.10. The Morgan fingerprint density at radius 1 is 1.09 bits per heavy atom. The van der Waals surface area contributed by atoms with Crippen molar-refractivity contribution < 1.29 is 32.4 Å². The number of carbonyl (C=O) groups is 2. The van der Waals surface area contributed by atoms with Gasteiger partial charge in [-0.3, -0.25) is 20.2 Å². The number of nitrogens with one attached hydrogen (secondary N) is 2. The van der Waals surface area contributed by atoms with Crippen molar-refractivity contribution in [3.63, 3.8) is 0 Å². The Morgan fingerprint density at radius 2 is 1.76 bits per heavy atom. The SMILES string of the molecule is O=C(NC(=O)c1ccccc1[N+](=O)[O-])Nc1ccc(Oc2ncc(Br)cn2)c(C(F)(F)F)c1. The Labute approximate surface area is 191 Å². The van der Waals surface area contributed by atoms with Crippen LogP contribution in [0, 0.1) is 10.1 Å². The summed E-state index contributed by atoms with van der Waals surface area (Å²) in [5.74, 6) is -1.73. The van der Waals surface area contributed by atoms with Gasteiger partial charge in [0.2, 0.25) is 0 Å².